The smallest absolute Gasteiger partial charge is 0.422 e. The van der Waals surface area contributed by atoms with Crippen LogP contribution in [0.5, 0.6) is 11.5 Å². The number of anilines is 2. The molecule has 0 atom stereocenters. The molecule has 0 radical (unpaired) electrons. The summed E-state index contributed by atoms with van der Waals surface area (Å²) in [5.74, 6) is -2.74. The Morgan fingerprint density at radius 3 is 1.34 bits per heavy atom. The van der Waals surface area contributed by atoms with E-state index in [-0.39, 0.29) is 22.5 Å². The SMILES string of the molecule is O=C(Nc1cc(NC(=O)c2cccc3ccccc23)c(OCC(F)(F)F)cc1OCC(F)(F)F)c1cccc2ccccc12. The number of ether oxygens (including phenoxy) is 2. The van der Waals surface area contributed by atoms with Gasteiger partial charge in [-0.1, -0.05) is 72.8 Å². The molecule has 0 unspecified atom stereocenters. The fourth-order valence-electron chi connectivity index (χ4n) is 4.54. The summed E-state index contributed by atoms with van der Waals surface area (Å²) in [6.07, 6.45) is -9.63. The molecule has 0 fully saturated rings. The maximum atomic E-state index is 13.4. The third-order valence-electron chi connectivity index (χ3n) is 6.43. The first-order valence-electron chi connectivity index (χ1n) is 13.0. The first-order valence-corrected chi connectivity index (χ1v) is 13.0. The van der Waals surface area contributed by atoms with Gasteiger partial charge in [0.05, 0.1) is 11.4 Å². The zero-order valence-corrected chi connectivity index (χ0v) is 22.6. The van der Waals surface area contributed by atoms with Crippen molar-refractivity contribution in [2.24, 2.45) is 0 Å². The second kappa shape index (κ2) is 12.2. The van der Waals surface area contributed by atoms with Crippen LogP contribution in [-0.2, 0) is 0 Å². The number of fused-ring (bicyclic) bond motifs is 2. The standard InChI is InChI=1S/C32H22F6N2O4/c33-31(34,35)17-43-27-16-28(44-18-32(36,37)38)26(40-30(42)24-14-6-10-20-8-2-4-12-22(20)24)15-25(27)39-29(41)23-13-5-9-19-7-1-3-11-21(19)23/h1-16H,17-18H2,(H,39,41)(H,40,42). The highest BCUT2D eigenvalue weighted by atomic mass is 19.4. The molecule has 0 heterocycles. The molecule has 5 rings (SSSR count). The van der Waals surface area contributed by atoms with Gasteiger partial charge in [0, 0.05) is 17.2 Å². The van der Waals surface area contributed by atoms with Crippen LogP contribution in [0.4, 0.5) is 37.7 Å². The van der Waals surface area contributed by atoms with Gasteiger partial charge < -0.3 is 20.1 Å². The van der Waals surface area contributed by atoms with Gasteiger partial charge in [-0.3, -0.25) is 9.59 Å². The summed E-state index contributed by atoms with van der Waals surface area (Å²) < 4.78 is 88.4. The van der Waals surface area contributed by atoms with Crippen molar-refractivity contribution in [1.82, 2.24) is 0 Å². The maximum Gasteiger partial charge on any atom is 0.422 e. The van der Waals surface area contributed by atoms with Gasteiger partial charge >= 0.3 is 12.4 Å². The number of alkyl halides is 6. The first-order chi connectivity index (χ1) is 20.9. The molecule has 6 nitrogen and oxygen atoms in total. The summed E-state index contributed by atoms with van der Waals surface area (Å²) in [5, 5.41) is 7.47. The lowest BCUT2D eigenvalue weighted by Crippen LogP contribution is -2.22. The molecule has 0 aliphatic rings. The molecule has 0 aliphatic carbocycles. The average Bonchev–Trinajstić information content (AvgIpc) is 2.98. The second-order valence-electron chi connectivity index (χ2n) is 9.61. The van der Waals surface area contributed by atoms with Gasteiger partial charge in [-0.25, -0.2) is 0 Å². The van der Waals surface area contributed by atoms with Crippen molar-refractivity contribution in [3.63, 3.8) is 0 Å². The Morgan fingerprint density at radius 1 is 0.545 bits per heavy atom. The van der Waals surface area contributed by atoms with Crippen LogP contribution in [0.2, 0.25) is 0 Å². The van der Waals surface area contributed by atoms with E-state index in [1.807, 2.05) is 0 Å². The normalized spacial score (nSPS) is 11.8. The number of amides is 2. The molecule has 0 saturated heterocycles. The molecule has 0 bridgehead atoms. The van der Waals surface area contributed by atoms with E-state index in [0.29, 0.717) is 21.5 Å². The number of carbonyl (C=O) groups is 2. The van der Waals surface area contributed by atoms with Crippen LogP contribution in [0, 0.1) is 0 Å². The van der Waals surface area contributed by atoms with Gasteiger partial charge in [-0.05, 0) is 39.7 Å². The van der Waals surface area contributed by atoms with Gasteiger partial charge in [0.15, 0.2) is 13.2 Å². The van der Waals surface area contributed by atoms with E-state index in [2.05, 4.69) is 10.6 Å². The summed E-state index contributed by atoms with van der Waals surface area (Å²) in [6, 6.07) is 25.3. The molecule has 0 aromatic heterocycles. The summed E-state index contributed by atoms with van der Waals surface area (Å²) in [7, 11) is 0. The van der Waals surface area contributed by atoms with E-state index in [9.17, 15) is 35.9 Å². The van der Waals surface area contributed by atoms with E-state index in [1.165, 1.54) is 12.1 Å². The molecule has 0 spiro atoms. The number of carbonyl (C=O) groups excluding carboxylic acids is 2. The molecule has 5 aromatic rings. The van der Waals surface area contributed by atoms with Gasteiger partial charge in [0.2, 0.25) is 0 Å². The minimum Gasteiger partial charge on any atom is -0.482 e. The quantitative estimate of drug-likeness (QED) is 0.173. The van der Waals surface area contributed by atoms with E-state index in [1.54, 1.807) is 72.8 Å². The molecule has 226 valence electrons. The summed E-state index contributed by atoms with van der Waals surface area (Å²) >= 11 is 0. The van der Waals surface area contributed by atoms with Crippen LogP contribution >= 0.6 is 0 Å². The van der Waals surface area contributed by atoms with Crippen LogP contribution in [0.3, 0.4) is 0 Å². The molecule has 12 heteroatoms. The van der Waals surface area contributed by atoms with E-state index < -0.39 is 48.9 Å². The Labute approximate surface area is 246 Å². The van der Waals surface area contributed by atoms with E-state index >= 15 is 0 Å². The van der Waals surface area contributed by atoms with Crippen LogP contribution < -0.4 is 20.1 Å². The maximum absolute atomic E-state index is 13.4. The zero-order valence-electron chi connectivity index (χ0n) is 22.6. The Morgan fingerprint density at radius 2 is 0.932 bits per heavy atom. The number of halogens is 6. The topological polar surface area (TPSA) is 76.7 Å². The third-order valence-corrected chi connectivity index (χ3v) is 6.43. The van der Waals surface area contributed by atoms with Gasteiger partial charge in [-0.2, -0.15) is 26.3 Å². The van der Waals surface area contributed by atoms with Crippen LogP contribution in [0.25, 0.3) is 21.5 Å². The Kier molecular flexibility index (Phi) is 8.34. The fourth-order valence-corrected chi connectivity index (χ4v) is 4.54. The van der Waals surface area contributed by atoms with Gasteiger partial charge in [0.1, 0.15) is 11.5 Å². The van der Waals surface area contributed by atoms with E-state index in [4.69, 9.17) is 9.47 Å². The predicted molar refractivity (Wildman–Crippen MR) is 153 cm³/mol. The van der Waals surface area contributed by atoms with Crippen molar-refractivity contribution in [3.05, 3.63) is 108 Å². The highest BCUT2D eigenvalue weighted by Gasteiger charge is 2.31. The molecular weight excluding hydrogens is 590 g/mol. The number of hydrogen-bond donors (Lipinski definition) is 2. The predicted octanol–water partition coefficient (Wildman–Crippen LogP) is 8.38. The molecule has 0 aliphatic heterocycles. The molecule has 0 saturated carbocycles. The lowest BCUT2D eigenvalue weighted by molar-refractivity contribution is -0.153. The number of hydrogen-bond acceptors (Lipinski definition) is 4. The highest BCUT2D eigenvalue weighted by molar-refractivity contribution is 6.15. The summed E-state index contributed by atoms with van der Waals surface area (Å²) in [5.41, 5.74) is -0.355. The minimum atomic E-state index is -4.81. The van der Waals surface area contributed by atoms with Gasteiger partial charge in [-0.15, -0.1) is 0 Å². The minimum absolute atomic E-state index is 0.170. The number of nitrogens with one attached hydrogen (secondary N) is 2. The van der Waals surface area contributed by atoms with Crippen LogP contribution in [-0.4, -0.2) is 37.4 Å². The highest BCUT2D eigenvalue weighted by Crippen LogP contribution is 2.39. The zero-order chi connectivity index (χ0) is 31.5. The monoisotopic (exact) mass is 612 g/mol. The average molecular weight is 613 g/mol. The van der Waals surface area contributed by atoms with Crippen LogP contribution in [0.1, 0.15) is 20.7 Å². The molecule has 5 aromatic carbocycles. The Bertz CT molecular complexity index is 1710. The summed E-state index contributed by atoms with van der Waals surface area (Å²) in [4.78, 5) is 26.7. The first kappa shape index (κ1) is 30.2. The Hall–Kier alpha value is -5.26. The van der Waals surface area contributed by atoms with E-state index in [0.717, 1.165) is 12.1 Å². The van der Waals surface area contributed by atoms with Crippen molar-refractivity contribution in [3.8, 4) is 11.5 Å². The van der Waals surface area contributed by atoms with Crippen molar-refractivity contribution >= 4 is 44.7 Å². The van der Waals surface area contributed by atoms with Crippen molar-refractivity contribution < 1.29 is 45.4 Å². The third kappa shape index (κ3) is 7.20. The van der Waals surface area contributed by atoms with Crippen molar-refractivity contribution in [1.29, 1.82) is 0 Å². The molecule has 2 amide bonds. The Balaban J connectivity index is 1.57. The molecular formula is C32H22F6N2O4. The fraction of sp³-hybridized carbons (Fsp3) is 0.125. The number of rotatable bonds is 8. The largest absolute Gasteiger partial charge is 0.482 e. The molecule has 2 N–H and O–H groups in total. The molecule has 44 heavy (non-hydrogen) atoms. The van der Waals surface area contributed by atoms with Gasteiger partial charge in [0.25, 0.3) is 11.8 Å². The summed E-state index contributed by atoms with van der Waals surface area (Å²) in [6.45, 7) is -3.63. The van der Waals surface area contributed by atoms with Crippen molar-refractivity contribution in [2.75, 3.05) is 23.8 Å². The second-order valence-corrected chi connectivity index (χ2v) is 9.61. The number of benzene rings is 5. The lowest BCUT2D eigenvalue weighted by Gasteiger charge is -2.20. The van der Waals surface area contributed by atoms with Crippen LogP contribution in [0.15, 0.2) is 97.1 Å². The lowest BCUT2D eigenvalue weighted by atomic mass is 10.0. The van der Waals surface area contributed by atoms with Crippen molar-refractivity contribution in [2.45, 2.75) is 12.4 Å².